The molecule has 0 bridgehead atoms. The lowest BCUT2D eigenvalue weighted by atomic mass is 9.80. The molecule has 0 unspecified atom stereocenters. The molecule has 0 atom stereocenters. The third-order valence-electron chi connectivity index (χ3n) is 8.92. The van der Waals surface area contributed by atoms with Crippen LogP contribution in [0.2, 0.25) is 0 Å². The van der Waals surface area contributed by atoms with Gasteiger partial charge >= 0.3 is 5.97 Å². The average Bonchev–Trinajstić information content (AvgIpc) is 2.85. The van der Waals surface area contributed by atoms with Gasteiger partial charge in [0.1, 0.15) is 6.10 Å². The molecule has 236 valence electrons. The summed E-state index contributed by atoms with van der Waals surface area (Å²) in [7, 11) is 0. The number of hydroxylamine groups is 2. The number of hydrogen-bond acceptors (Lipinski definition) is 5. The summed E-state index contributed by atoms with van der Waals surface area (Å²) in [6, 6.07) is 0. The molecule has 1 saturated carbocycles. The molecule has 2 rings (SSSR count). The van der Waals surface area contributed by atoms with Crippen LogP contribution in [-0.2, 0) is 19.1 Å². The normalized spacial score (nSPS) is 20.6. The fourth-order valence-corrected chi connectivity index (χ4v) is 7.02. The number of rotatable bonds is 20. The number of unbranched alkanes of at least 4 members (excludes halogenated alkanes) is 12. The molecule has 1 saturated heterocycles. The van der Waals surface area contributed by atoms with Gasteiger partial charge in [-0.15, -0.1) is 0 Å². The Morgan fingerprint density at radius 2 is 1.20 bits per heavy atom. The Kier molecular flexibility index (Phi) is 16.1. The molecule has 0 radical (unpaired) electrons. The number of hydrogen-bond donors (Lipinski definition) is 0. The van der Waals surface area contributed by atoms with Crippen LogP contribution in [0, 0.1) is 0 Å². The van der Waals surface area contributed by atoms with E-state index in [1.165, 1.54) is 89.9 Å². The van der Waals surface area contributed by atoms with E-state index in [1.54, 1.807) is 0 Å². The summed E-state index contributed by atoms with van der Waals surface area (Å²) < 4.78 is 12.5. The minimum Gasteiger partial charge on any atom is -0.462 e. The quantitative estimate of drug-likeness (QED) is 0.109. The lowest BCUT2D eigenvalue weighted by Gasteiger charge is -2.53. The van der Waals surface area contributed by atoms with Gasteiger partial charge < -0.3 is 9.47 Å². The number of nitrogens with zero attached hydrogens (tertiary/aromatic N) is 1. The van der Waals surface area contributed by atoms with Crippen LogP contribution in [0.25, 0.3) is 0 Å². The predicted octanol–water partition coefficient (Wildman–Crippen LogP) is 10.1. The first-order valence-electron chi connectivity index (χ1n) is 17.3. The van der Waals surface area contributed by atoms with Gasteiger partial charge in [0.25, 0.3) is 0 Å². The molecule has 2 aliphatic rings. The first-order chi connectivity index (χ1) is 19.0. The van der Waals surface area contributed by atoms with E-state index < -0.39 is 0 Å². The van der Waals surface area contributed by atoms with E-state index in [9.17, 15) is 4.79 Å². The zero-order chi connectivity index (χ0) is 29.5. The lowest BCUT2D eigenvalue weighted by molar-refractivity contribution is -0.312. The molecule has 0 aromatic carbocycles. The van der Waals surface area contributed by atoms with Gasteiger partial charge in [-0.3, -0.25) is 9.63 Å². The van der Waals surface area contributed by atoms with E-state index in [0.29, 0.717) is 19.1 Å². The number of ether oxygens (including phenoxy) is 2. The highest BCUT2D eigenvalue weighted by molar-refractivity contribution is 5.69. The molecule has 5 nitrogen and oxygen atoms in total. The van der Waals surface area contributed by atoms with Crippen molar-refractivity contribution in [2.24, 2.45) is 0 Å². The van der Waals surface area contributed by atoms with Crippen molar-refractivity contribution >= 4 is 5.97 Å². The lowest BCUT2D eigenvalue weighted by Crippen LogP contribution is -2.62. The first kappa shape index (κ1) is 35.5. The topological polar surface area (TPSA) is 48.0 Å². The van der Waals surface area contributed by atoms with E-state index in [0.717, 1.165) is 38.5 Å². The van der Waals surface area contributed by atoms with E-state index in [2.05, 4.69) is 53.5 Å². The fraction of sp³-hybridized carbons (Fsp3) is 0.971. The van der Waals surface area contributed by atoms with Crippen molar-refractivity contribution in [2.45, 2.75) is 212 Å². The standard InChI is InChI=1S/C35H67NO4/c1-8-9-10-11-12-13-14-15-16-17-18-19-23-26-32(37)39-31-27-33(2,3)36(34(4,5)28-31)38-29-35(6,7)40-30-24-21-20-22-25-30/h30-31H,8-29H2,1-7H3. The molecule has 0 N–H and O–H groups in total. The van der Waals surface area contributed by atoms with Crippen molar-refractivity contribution in [3.63, 3.8) is 0 Å². The van der Waals surface area contributed by atoms with Crippen LogP contribution in [0.1, 0.15) is 183 Å². The van der Waals surface area contributed by atoms with Crippen molar-refractivity contribution in [1.29, 1.82) is 0 Å². The van der Waals surface area contributed by atoms with Gasteiger partial charge in [0.15, 0.2) is 0 Å². The second kappa shape index (κ2) is 18.1. The molecule has 0 aromatic heterocycles. The maximum atomic E-state index is 12.7. The third-order valence-corrected chi connectivity index (χ3v) is 8.92. The highest BCUT2D eigenvalue weighted by atomic mass is 16.7. The minimum atomic E-state index is -0.328. The summed E-state index contributed by atoms with van der Waals surface area (Å²) >= 11 is 0. The summed E-state index contributed by atoms with van der Waals surface area (Å²) in [6.45, 7) is 15.9. The molecule has 0 aromatic rings. The molecule has 1 aliphatic heterocycles. The van der Waals surface area contributed by atoms with Crippen LogP contribution in [0.3, 0.4) is 0 Å². The number of carbonyl (C=O) groups excluding carboxylic acids is 1. The Labute approximate surface area is 248 Å². The van der Waals surface area contributed by atoms with Crippen molar-refractivity contribution in [1.82, 2.24) is 5.06 Å². The molecule has 2 fully saturated rings. The van der Waals surface area contributed by atoms with Crippen LogP contribution >= 0.6 is 0 Å². The van der Waals surface area contributed by atoms with Crippen molar-refractivity contribution < 1.29 is 19.1 Å². The maximum absolute atomic E-state index is 12.7. The summed E-state index contributed by atoms with van der Waals surface area (Å²) in [5, 5.41) is 2.16. The van der Waals surface area contributed by atoms with Crippen molar-refractivity contribution in [3.8, 4) is 0 Å². The van der Waals surface area contributed by atoms with Gasteiger partial charge in [0.05, 0.1) is 18.3 Å². The van der Waals surface area contributed by atoms with Gasteiger partial charge in [-0.25, -0.2) is 0 Å². The van der Waals surface area contributed by atoms with Gasteiger partial charge in [-0.1, -0.05) is 103 Å². The Bertz CT molecular complexity index is 665. The second-order valence-electron chi connectivity index (χ2n) is 14.8. The van der Waals surface area contributed by atoms with E-state index >= 15 is 0 Å². The van der Waals surface area contributed by atoms with Gasteiger partial charge in [0, 0.05) is 30.3 Å². The first-order valence-corrected chi connectivity index (χ1v) is 17.3. The van der Waals surface area contributed by atoms with Gasteiger partial charge in [-0.2, -0.15) is 5.06 Å². The highest BCUT2D eigenvalue weighted by Crippen LogP contribution is 2.40. The molecule has 0 spiro atoms. The summed E-state index contributed by atoms with van der Waals surface area (Å²) in [5.41, 5.74) is -0.794. The molecule has 1 aliphatic carbocycles. The second-order valence-corrected chi connectivity index (χ2v) is 14.8. The van der Waals surface area contributed by atoms with Crippen LogP contribution in [0.15, 0.2) is 0 Å². The van der Waals surface area contributed by atoms with Gasteiger partial charge in [-0.05, 0) is 60.8 Å². The Balaban J connectivity index is 1.62. The van der Waals surface area contributed by atoms with Crippen LogP contribution < -0.4 is 0 Å². The predicted molar refractivity (Wildman–Crippen MR) is 167 cm³/mol. The highest BCUT2D eigenvalue weighted by Gasteiger charge is 2.48. The fourth-order valence-electron chi connectivity index (χ4n) is 7.02. The third kappa shape index (κ3) is 14.0. The summed E-state index contributed by atoms with van der Waals surface area (Å²) in [5.74, 6) is -0.0314. The molecule has 0 amide bonds. The SMILES string of the molecule is CCCCCCCCCCCCCCCC(=O)OC1CC(C)(C)N(OCC(C)(C)OC2CCCCC2)C(C)(C)C1. The van der Waals surface area contributed by atoms with Crippen molar-refractivity contribution in [3.05, 3.63) is 0 Å². The van der Waals surface area contributed by atoms with Gasteiger partial charge in [0.2, 0.25) is 0 Å². The molecular formula is C35H67NO4. The minimum absolute atomic E-state index is 0.0314. The Hall–Kier alpha value is -0.650. The summed E-state index contributed by atoms with van der Waals surface area (Å²) in [6.07, 6.45) is 25.7. The van der Waals surface area contributed by atoms with E-state index in [1.807, 2.05) is 0 Å². The number of carbonyl (C=O) groups is 1. The molecular weight excluding hydrogens is 498 g/mol. The van der Waals surface area contributed by atoms with E-state index in [-0.39, 0.29) is 28.8 Å². The smallest absolute Gasteiger partial charge is 0.306 e. The molecule has 40 heavy (non-hydrogen) atoms. The Morgan fingerprint density at radius 1 is 0.725 bits per heavy atom. The van der Waals surface area contributed by atoms with Crippen LogP contribution in [0.4, 0.5) is 0 Å². The average molecular weight is 566 g/mol. The Morgan fingerprint density at radius 3 is 1.70 bits per heavy atom. The zero-order valence-electron chi connectivity index (χ0n) is 27.8. The molecule has 1 heterocycles. The van der Waals surface area contributed by atoms with Crippen molar-refractivity contribution in [2.75, 3.05) is 6.61 Å². The van der Waals surface area contributed by atoms with Crippen LogP contribution in [0.5, 0.6) is 0 Å². The maximum Gasteiger partial charge on any atom is 0.306 e. The van der Waals surface area contributed by atoms with E-state index in [4.69, 9.17) is 14.3 Å². The monoisotopic (exact) mass is 566 g/mol. The summed E-state index contributed by atoms with van der Waals surface area (Å²) in [4.78, 5) is 19.2. The largest absolute Gasteiger partial charge is 0.462 e. The zero-order valence-corrected chi connectivity index (χ0v) is 27.8. The number of piperidine rings is 1. The number of esters is 1. The van der Waals surface area contributed by atoms with Crippen LogP contribution in [-0.4, -0.2) is 46.5 Å². The molecule has 5 heteroatoms.